The summed E-state index contributed by atoms with van der Waals surface area (Å²) in [5, 5.41) is 3.42. The first-order valence-electron chi connectivity index (χ1n) is 7.68. The van der Waals surface area contributed by atoms with Crippen LogP contribution in [0.4, 0.5) is 0 Å². The van der Waals surface area contributed by atoms with E-state index in [1.165, 1.54) is 39.2 Å². The van der Waals surface area contributed by atoms with E-state index in [1.54, 1.807) is 0 Å². The van der Waals surface area contributed by atoms with E-state index in [2.05, 4.69) is 24.1 Å². The van der Waals surface area contributed by atoms with Gasteiger partial charge in [0.1, 0.15) is 6.04 Å². The molecule has 0 amide bonds. The van der Waals surface area contributed by atoms with Crippen LogP contribution >= 0.6 is 0 Å². The fraction of sp³-hybridized carbons (Fsp3) is 0.933. The van der Waals surface area contributed by atoms with Gasteiger partial charge in [0.2, 0.25) is 0 Å². The zero-order valence-electron chi connectivity index (χ0n) is 12.6. The number of hydrogen-bond acceptors (Lipinski definition) is 4. The molecule has 1 aliphatic heterocycles. The first kappa shape index (κ1) is 14.8. The molecule has 0 radical (unpaired) electrons. The van der Waals surface area contributed by atoms with E-state index in [0.717, 1.165) is 19.6 Å². The van der Waals surface area contributed by atoms with E-state index in [-0.39, 0.29) is 12.0 Å². The van der Waals surface area contributed by atoms with Crippen LogP contribution in [0, 0.1) is 5.41 Å². The number of likely N-dealkylation sites (tertiary alicyclic amines) is 1. The monoisotopic (exact) mass is 268 g/mol. The minimum absolute atomic E-state index is 0.114. The molecule has 1 N–H and O–H groups in total. The lowest BCUT2D eigenvalue weighted by molar-refractivity contribution is -0.143. The number of esters is 1. The third kappa shape index (κ3) is 3.69. The summed E-state index contributed by atoms with van der Waals surface area (Å²) in [5.74, 6) is -0.114. The predicted molar refractivity (Wildman–Crippen MR) is 76.0 cm³/mol. The number of hydrogen-bond donors (Lipinski definition) is 1. The van der Waals surface area contributed by atoms with Gasteiger partial charge in [-0.05, 0) is 44.1 Å². The number of nitrogens with one attached hydrogen (secondary N) is 1. The second kappa shape index (κ2) is 6.23. The van der Waals surface area contributed by atoms with E-state index >= 15 is 0 Å². The molecule has 0 aromatic heterocycles. The molecule has 0 bridgehead atoms. The second-order valence-electron chi connectivity index (χ2n) is 6.21. The third-order valence-corrected chi connectivity index (χ3v) is 4.96. The fourth-order valence-corrected chi connectivity index (χ4v) is 3.14. The van der Waals surface area contributed by atoms with Gasteiger partial charge in [0.05, 0.1) is 7.11 Å². The maximum atomic E-state index is 11.9. The maximum absolute atomic E-state index is 11.9. The van der Waals surface area contributed by atoms with Gasteiger partial charge in [0, 0.05) is 19.1 Å². The summed E-state index contributed by atoms with van der Waals surface area (Å²) in [6.45, 7) is 7.60. The Morgan fingerprint density at radius 3 is 2.58 bits per heavy atom. The molecule has 1 saturated heterocycles. The summed E-state index contributed by atoms with van der Waals surface area (Å²) in [4.78, 5) is 14.3. The molecule has 19 heavy (non-hydrogen) atoms. The van der Waals surface area contributed by atoms with Crippen LogP contribution in [0.5, 0.6) is 0 Å². The molecule has 110 valence electrons. The van der Waals surface area contributed by atoms with Crippen LogP contribution in [0.3, 0.4) is 0 Å². The normalized spacial score (nSPS) is 24.4. The van der Waals surface area contributed by atoms with Crippen molar-refractivity contribution in [2.75, 3.05) is 26.7 Å². The highest BCUT2D eigenvalue weighted by molar-refractivity contribution is 5.76. The van der Waals surface area contributed by atoms with E-state index in [4.69, 9.17) is 4.74 Å². The number of nitrogens with zero attached hydrogens (tertiary/aromatic N) is 1. The molecule has 4 heteroatoms. The number of carbonyl (C=O) groups excluding carboxylic acids is 1. The van der Waals surface area contributed by atoms with Gasteiger partial charge >= 0.3 is 5.97 Å². The molecule has 0 spiro atoms. The molecule has 0 aromatic rings. The lowest BCUT2D eigenvalue weighted by Gasteiger charge is -2.28. The molecule has 4 nitrogen and oxygen atoms in total. The van der Waals surface area contributed by atoms with Crippen molar-refractivity contribution < 1.29 is 9.53 Å². The number of carbonyl (C=O) groups is 1. The minimum atomic E-state index is -0.151. The second-order valence-corrected chi connectivity index (χ2v) is 6.21. The summed E-state index contributed by atoms with van der Waals surface area (Å²) < 4.78 is 4.93. The molecular weight excluding hydrogens is 240 g/mol. The van der Waals surface area contributed by atoms with E-state index in [1.807, 2.05) is 0 Å². The lowest BCUT2D eigenvalue weighted by atomic mass is 9.82. The van der Waals surface area contributed by atoms with Crippen LogP contribution in [0.2, 0.25) is 0 Å². The first-order valence-corrected chi connectivity index (χ1v) is 7.68. The Hall–Kier alpha value is -0.610. The van der Waals surface area contributed by atoms with Crippen molar-refractivity contribution in [3.63, 3.8) is 0 Å². The number of ether oxygens (including phenoxy) is 1. The van der Waals surface area contributed by atoms with E-state index < -0.39 is 0 Å². The molecule has 1 unspecified atom stereocenters. The summed E-state index contributed by atoms with van der Waals surface area (Å²) in [6, 6.07) is 0.385. The van der Waals surface area contributed by atoms with Crippen LogP contribution in [0.1, 0.15) is 46.0 Å². The van der Waals surface area contributed by atoms with Crippen molar-refractivity contribution in [3.8, 4) is 0 Å². The Balaban J connectivity index is 1.88. The smallest absolute Gasteiger partial charge is 0.324 e. The van der Waals surface area contributed by atoms with Gasteiger partial charge < -0.3 is 15.0 Å². The molecule has 1 heterocycles. The van der Waals surface area contributed by atoms with Crippen molar-refractivity contribution in [3.05, 3.63) is 0 Å². The summed E-state index contributed by atoms with van der Waals surface area (Å²) in [6.07, 6.45) is 6.12. The average molecular weight is 268 g/mol. The Bertz CT molecular complexity index is 311. The highest BCUT2D eigenvalue weighted by atomic mass is 16.5. The fourth-order valence-electron chi connectivity index (χ4n) is 3.14. The molecule has 1 aliphatic carbocycles. The number of rotatable bonds is 7. The standard InChI is InChI=1S/C15H28N2O2/c1-4-15(5-2)8-9-17(11-15)10-13(14(18)19-3)16-12-6-7-12/h12-13,16H,4-11H2,1-3H3. The van der Waals surface area contributed by atoms with Crippen molar-refractivity contribution in [2.45, 2.75) is 58.0 Å². The van der Waals surface area contributed by atoms with Crippen LogP contribution < -0.4 is 5.32 Å². The van der Waals surface area contributed by atoms with Gasteiger partial charge in [-0.1, -0.05) is 13.8 Å². The Morgan fingerprint density at radius 1 is 1.42 bits per heavy atom. The summed E-state index contributed by atoms with van der Waals surface area (Å²) in [5.41, 5.74) is 0.472. The zero-order valence-corrected chi connectivity index (χ0v) is 12.6. The molecular formula is C15H28N2O2. The molecule has 0 aromatic carbocycles. The summed E-state index contributed by atoms with van der Waals surface area (Å²) >= 11 is 0. The minimum Gasteiger partial charge on any atom is -0.468 e. The molecule has 1 atom stereocenters. The Labute approximate surface area is 116 Å². The van der Waals surface area contributed by atoms with Crippen molar-refractivity contribution in [2.24, 2.45) is 5.41 Å². The average Bonchev–Trinajstić information content (AvgIpc) is 3.16. The highest BCUT2D eigenvalue weighted by Crippen LogP contribution is 2.37. The predicted octanol–water partition coefficient (Wildman–Crippen LogP) is 1.79. The van der Waals surface area contributed by atoms with Gasteiger partial charge in [0.15, 0.2) is 0 Å². The van der Waals surface area contributed by atoms with Crippen LogP contribution in [0.15, 0.2) is 0 Å². The molecule has 2 fully saturated rings. The van der Waals surface area contributed by atoms with Crippen LogP contribution in [0.25, 0.3) is 0 Å². The quantitative estimate of drug-likeness (QED) is 0.715. The van der Waals surface area contributed by atoms with E-state index in [9.17, 15) is 4.79 Å². The van der Waals surface area contributed by atoms with Gasteiger partial charge in [-0.3, -0.25) is 4.79 Å². The SMILES string of the molecule is CCC1(CC)CCN(CC(NC2CC2)C(=O)OC)C1. The zero-order chi connectivity index (χ0) is 13.9. The third-order valence-electron chi connectivity index (χ3n) is 4.96. The van der Waals surface area contributed by atoms with Crippen LogP contribution in [-0.2, 0) is 9.53 Å². The lowest BCUT2D eigenvalue weighted by Crippen LogP contribution is -2.47. The first-order chi connectivity index (χ1) is 9.12. The van der Waals surface area contributed by atoms with Gasteiger partial charge in [-0.15, -0.1) is 0 Å². The highest BCUT2D eigenvalue weighted by Gasteiger charge is 2.37. The van der Waals surface area contributed by atoms with Gasteiger partial charge in [-0.2, -0.15) is 0 Å². The van der Waals surface area contributed by atoms with Crippen molar-refractivity contribution >= 4 is 5.97 Å². The largest absolute Gasteiger partial charge is 0.468 e. The van der Waals surface area contributed by atoms with Crippen LogP contribution in [-0.4, -0.2) is 49.7 Å². The van der Waals surface area contributed by atoms with Crippen molar-refractivity contribution in [1.29, 1.82) is 0 Å². The van der Waals surface area contributed by atoms with Gasteiger partial charge in [-0.25, -0.2) is 0 Å². The van der Waals surface area contributed by atoms with Crippen molar-refractivity contribution in [1.82, 2.24) is 10.2 Å². The number of methoxy groups -OCH3 is 1. The Morgan fingerprint density at radius 2 is 2.11 bits per heavy atom. The summed E-state index contributed by atoms with van der Waals surface area (Å²) in [7, 11) is 1.48. The maximum Gasteiger partial charge on any atom is 0.324 e. The molecule has 2 aliphatic rings. The Kier molecular flexibility index (Phi) is 4.85. The molecule has 2 rings (SSSR count). The topological polar surface area (TPSA) is 41.6 Å². The molecule has 1 saturated carbocycles. The van der Waals surface area contributed by atoms with Gasteiger partial charge in [0.25, 0.3) is 0 Å². The van der Waals surface area contributed by atoms with E-state index in [0.29, 0.717) is 11.5 Å².